The molecule has 36 heavy (non-hydrogen) atoms. The molecule has 10 nitrogen and oxygen atoms in total. The van der Waals surface area contributed by atoms with Crippen molar-refractivity contribution in [3.63, 3.8) is 0 Å². The predicted molar refractivity (Wildman–Crippen MR) is 133 cm³/mol. The van der Waals surface area contributed by atoms with Gasteiger partial charge in [0.25, 0.3) is 11.9 Å². The van der Waals surface area contributed by atoms with Crippen LogP contribution in [0.5, 0.6) is 5.75 Å². The van der Waals surface area contributed by atoms with Crippen LogP contribution in [0.1, 0.15) is 63.4 Å². The number of carbonyl (C=O) groups is 3. The fraction of sp³-hybridized carbons (Fsp3) is 0.520. The topological polar surface area (TPSA) is 113 Å². The van der Waals surface area contributed by atoms with Crippen molar-refractivity contribution < 1.29 is 33.1 Å². The number of nitrogens with zero attached hydrogens (tertiary/aromatic N) is 2. The molecule has 4 rings (SSSR count). The molecule has 0 amide bonds. The van der Waals surface area contributed by atoms with Crippen LogP contribution in [-0.4, -0.2) is 50.0 Å². The summed E-state index contributed by atoms with van der Waals surface area (Å²) < 4.78 is 22.3. The first kappa shape index (κ1) is 25.6. The Morgan fingerprint density at radius 1 is 0.972 bits per heavy atom. The van der Waals surface area contributed by atoms with E-state index in [-0.39, 0.29) is 11.6 Å². The second kappa shape index (κ2) is 10.2. The molecule has 2 aromatic rings. The number of anilines is 1. The first-order valence-electron chi connectivity index (χ1n) is 12.1. The number of carbonyl (C=O) groups excluding carboxylic acids is 3. The molecule has 1 saturated carbocycles. The molecule has 2 aliphatic rings. The summed E-state index contributed by atoms with van der Waals surface area (Å²) in [6, 6.07) is 3.67. The Morgan fingerprint density at radius 3 is 2.11 bits per heavy atom. The molecule has 1 aliphatic heterocycles. The van der Waals surface area contributed by atoms with Crippen molar-refractivity contribution in [1.29, 1.82) is 0 Å². The van der Waals surface area contributed by atoms with Crippen LogP contribution in [0.2, 0.25) is 0 Å². The number of pyridine rings is 1. The zero-order chi connectivity index (χ0) is 26.1. The third-order valence-electron chi connectivity index (χ3n) is 6.43. The molecule has 0 N–H and O–H groups in total. The van der Waals surface area contributed by atoms with Crippen molar-refractivity contribution in [2.24, 2.45) is 11.8 Å². The number of piperidine rings is 1. The molecular weight excluding hydrogens is 467 g/mol. The molecule has 1 aromatic carbocycles. The number of ether oxygens (including phenoxy) is 1. The molecule has 1 saturated heterocycles. The summed E-state index contributed by atoms with van der Waals surface area (Å²) in [5.41, 5.74) is 0.731. The first-order valence-corrected chi connectivity index (χ1v) is 12.1. The van der Waals surface area contributed by atoms with Crippen LogP contribution >= 0.6 is 0 Å². The van der Waals surface area contributed by atoms with Gasteiger partial charge in [0, 0.05) is 39.2 Å². The van der Waals surface area contributed by atoms with Gasteiger partial charge in [-0.15, -0.1) is 0 Å². The van der Waals surface area contributed by atoms with Gasteiger partial charge in [0.15, 0.2) is 5.75 Å². The van der Waals surface area contributed by atoms with Crippen molar-refractivity contribution >= 4 is 41.8 Å². The molecule has 0 radical (unpaired) electrons. The number of fused-ring (bicyclic) bond motifs is 1. The molecule has 2 heterocycles. The normalized spacial score (nSPS) is 19.5. The summed E-state index contributed by atoms with van der Waals surface area (Å²) >= 11 is 0. The minimum Gasteiger partial charge on any atom is -0.492 e. The zero-order valence-corrected chi connectivity index (χ0v) is 21.2. The van der Waals surface area contributed by atoms with E-state index in [1.54, 1.807) is 13.2 Å². The Bertz CT molecular complexity index is 1230. The van der Waals surface area contributed by atoms with Crippen LogP contribution < -0.4 is 15.1 Å². The van der Waals surface area contributed by atoms with Gasteiger partial charge in [-0.2, -0.15) is 0 Å². The van der Waals surface area contributed by atoms with Gasteiger partial charge < -0.3 is 28.2 Å². The Labute approximate surface area is 209 Å². The highest BCUT2D eigenvalue weighted by Gasteiger charge is 2.37. The minimum atomic E-state index is -1.89. The van der Waals surface area contributed by atoms with Gasteiger partial charge in [-0.05, 0) is 43.2 Å². The standard InChI is InChI=1S/C25H31BN2O8/c1-14-10-15(2)12-27(11-14)21-9-8-19-22(24(21)33-5)28(18-6-7-18)13-20(23(19)31)25(32)36-26(34-16(3)29)35-17(4)30/h8-9,13-15,18H,6-7,10-12H2,1-5H3/t14-,15+. The van der Waals surface area contributed by atoms with Crippen LogP contribution in [0.4, 0.5) is 5.69 Å². The molecular formula is C25H31BN2O8. The average Bonchev–Trinajstić information content (AvgIpc) is 3.62. The summed E-state index contributed by atoms with van der Waals surface area (Å²) in [7, 11) is -0.307. The van der Waals surface area contributed by atoms with Gasteiger partial charge in [-0.3, -0.25) is 14.4 Å². The Morgan fingerprint density at radius 2 is 1.58 bits per heavy atom. The predicted octanol–water partition coefficient (Wildman–Crippen LogP) is 3.10. The highest BCUT2D eigenvalue weighted by molar-refractivity contribution is 6.44. The van der Waals surface area contributed by atoms with Gasteiger partial charge in [0.1, 0.15) is 5.56 Å². The molecule has 1 aromatic heterocycles. The van der Waals surface area contributed by atoms with Crippen molar-refractivity contribution in [3.8, 4) is 5.75 Å². The van der Waals surface area contributed by atoms with Crippen LogP contribution in [0, 0.1) is 11.8 Å². The third kappa shape index (κ3) is 5.34. The molecule has 0 spiro atoms. The summed E-state index contributed by atoms with van der Waals surface area (Å²) in [5.74, 6) is -1.05. The SMILES string of the molecule is COc1c(N2C[C@H](C)C[C@H](C)C2)ccc2c(=O)c(C(=O)OB(OC(C)=O)OC(C)=O)cn(C3CC3)c12. The van der Waals surface area contributed by atoms with Crippen molar-refractivity contribution in [2.45, 2.75) is 53.0 Å². The smallest absolute Gasteiger partial charge is 0.492 e. The molecule has 2 atom stereocenters. The zero-order valence-electron chi connectivity index (χ0n) is 21.2. The summed E-state index contributed by atoms with van der Waals surface area (Å²) in [4.78, 5) is 51.4. The fourth-order valence-electron chi connectivity index (χ4n) is 5.00. The maximum absolute atomic E-state index is 13.5. The quantitative estimate of drug-likeness (QED) is 0.532. The molecule has 0 unspecified atom stereocenters. The lowest BCUT2D eigenvalue weighted by Gasteiger charge is -2.37. The first-order chi connectivity index (χ1) is 17.1. The van der Waals surface area contributed by atoms with E-state index in [0.717, 1.165) is 51.9 Å². The van der Waals surface area contributed by atoms with Gasteiger partial charge in [-0.25, -0.2) is 4.79 Å². The van der Waals surface area contributed by atoms with E-state index in [0.29, 0.717) is 28.5 Å². The fourth-order valence-corrected chi connectivity index (χ4v) is 5.00. The second-order valence-corrected chi connectivity index (χ2v) is 9.79. The summed E-state index contributed by atoms with van der Waals surface area (Å²) in [6.45, 7) is 8.39. The number of benzene rings is 1. The van der Waals surface area contributed by atoms with Gasteiger partial charge >= 0.3 is 13.3 Å². The van der Waals surface area contributed by atoms with Crippen LogP contribution in [0.3, 0.4) is 0 Å². The van der Waals surface area contributed by atoms with Crippen LogP contribution in [0.15, 0.2) is 23.1 Å². The van der Waals surface area contributed by atoms with Crippen LogP contribution in [0.25, 0.3) is 10.9 Å². The summed E-state index contributed by atoms with van der Waals surface area (Å²) in [5, 5.41) is 0.312. The van der Waals surface area contributed by atoms with E-state index < -0.39 is 30.7 Å². The number of rotatable bonds is 7. The molecule has 192 valence electrons. The maximum Gasteiger partial charge on any atom is 0.870 e. The minimum absolute atomic E-state index is 0.0979. The highest BCUT2D eigenvalue weighted by Crippen LogP contribution is 2.43. The van der Waals surface area contributed by atoms with E-state index >= 15 is 0 Å². The largest absolute Gasteiger partial charge is 0.870 e. The molecule has 11 heteroatoms. The number of hydrogen-bond acceptors (Lipinski definition) is 9. The third-order valence-corrected chi connectivity index (χ3v) is 6.43. The van der Waals surface area contributed by atoms with Crippen molar-refractivity contribution in [2.75, 3.05) is 25.1 Å². The Balaban J connectivity index is 1.79. The summed E-state index contributed by atoms with van der Waals surface area (Å²) in [6.07, 6.45) is 4.39. The van der Waals surface area contributed by atoms with Crippen molar-refractivity contribution in [3.05, 3.63) is 34.1 Å². The monoisotopic (exact) mass is 498 g/mol. The number of aromatic nitrogens is 1. The lowest BCUT2D eigenvalue weighted by atomic mass is 9.91. The average molecular weight is 498 g/mol. The number of hydrogen-bond donors (Lipinski definition) is 0. The van der Waals surface area contributed by atoms with E-state index in [2.05, 4.69) is 18.7 Å². The van der Waals surface area contributed by atoms with Gasteiger partial charge in [-0.1, -0.05) is 13.8 Å². The van der Waals surface area contributed by atoms with E-state index in [1.807, 2.05) is 10.6 Å². The van der Waals surface area contributed by atoms with Crippen molar-refractivity contribution in [1.82, 2.24) is 4.57 Å². The van der Waals surface area contributed by atoms with E-state index in [9.17, 15) is 19.2 Å². The van der Waals surface area contributed by atoms with Gasteiger partial charge in [0.2, 0.25) is 5.43 Å². The molecule has 1 aliphatic carbocycles. The second-order valence-electron chi connectivity index (χ2n) is 9.79. The van der Waals surface area contributed by atoms with Gasteiger partial charge in [0.05, 0.1) is 23.7 Å². The van der Waals surface area contributed by atoms with E-state index in [4.69, 9.17) is 18.7 Å². The Kier molecular flexibility index (Phi) is 7.28. The lowest BCUT2D eigenvalue weighted by molar-refractivity contribution is -0.139. The van der Waals surface area contributed by atoms with E-state index in [1.165, 1.54) is 6.20 Å². The highest BCUT2D eigenvalue weighted by atomic mass is 16.8. The maximum atomic E-state index is 13.5. The number of methoxy groups -OCH3 is 1. The molecule has 2 fully saturated rings. The molecule has 0 bridgehead atoms. The Hall–Kier alpha value is -3.50. The lowest BCUT2D eigenvalue weighted by Crippen LogP contribution is -2.39. The van der Waals surface area contributed by atoms with Crippen LogP contribution in [-0.2, 0) is 23.6 Å².